The average Bonchev–Trinajstić information content (AvgIpc) is 2.48. The van der Waals surface area contributed by atoms with Crippen molar-refractivity contribution in [3.8, 4) is 0 Å². The number of nitrogens with one attached hydrogen (secondary N) is 1. The zero-order valence-electron chi connectivity index (χ0n) is 10.8. The first-order valence-electron chi connectivity index (χ1n) is 6.66. The SMILES string of the molecule is c1ccc2nc(COCC3CNCCO3)ccc2c1. The lowest BCUT2D eigenvalue weighted by molar-refractivity contribution is -0.0362. The highest BCUT2D eigenvalue weighted by atomic mass is 16.5. The summed E-state index contributed by atoms with van der Waals surface area (Å²) in [6.07, 6.45) is 0.161. The number of ether oxygens (including phenoxy) is 2. The highest BCUT2D eigenvalue weighted by Crippen LogP contribution is 2.12. The molecule has 1 aliphatic rings. The maximum Gasteiger partial charge on any atom is 0.0933 e. The van der Waals surface area contributed by atoms with Gasteiger partial charge in [0.25, 0.3) is 0 Å². The molecule has 1 aromatic carbocycles. The fourth-order valence-electron chi connectivity index (χ4n) is 2.21. The number of pyridine rings is 1. The van der Waals surface area contributed by atoms with Crippen molar-refractivity contribution in [1.29, 1.82) is 0 Å². The third kappa shape index (κ3) is 3.29. The van der Waals surface area contributed by atoms with Gasteiger partial charge in [-0.05, 0) is 12.1 Å². The molecule has 0 saturated carbocycles. The van der Waals surface area contributed by atoms with E-state index >= 15 is 0 Å². The molecule has 4 nitrogen and oxygen atoms in total. The van der Waals surface area contributed by atoms with E-state index in [2.05, 4.69) is 22.4 Å². The highest BCUT2D eigenvalue weighted by molar-refractivity contribution is 5.78. The maximum atomic E-state index is 5.68. The molecule has 2 heterocycles. The van der Waals surface area contributed by atoms with Gasteiger partial charge in [-0.3, -0.25) is 4.98 Å². The molecule has 1 aliphatic heterocycles. The molecular weight excluding hydrogens is 240 g/mol. The summed E-state index contributed by atoms with van der Waals surface area (Å²) in [7, 11) is 0. The van der Waals surface area contributed by atoms with Crippen LogP contribution in [0.4, 0.5) is 0 Å². The van der Waals surface area contributed by atoms with E-state index in [1.54, 1.807) is 0 Å². The maximum absolute atomic E-state index is 5.68. The van der Waals surface area contributed by atoms with Crippen molar-refractivity contribution in [3.05, 3.63) is 42.1 Å². The van der Waals surface area contributed by atoms with Gasteiger partial charge in [0.2, 0.25) is 0 Å². The molecule has 0 radical (unpaired) electrons. The summed E-state index contributed by atoms with van der Waals surface area (Å²) >= 11 is 0. The normalized spacial score (nSPS) is 19.7. The Labute approximate surface area is 112 Å². The van der Waals surface area contributed by atoms with E-state index in [0.717, 1.165) is 36.3 Å². The van der Waals surface area contributed by atoms with Crippen LogP contribution in [0, 0.1) is 0 Å². The van der Waals surface area contributed by atoms with E-state index in [1.165, 1.54) is 0 Å². The zero-order valence-corrected chi connectivity index (χ0v) is 10.8. The Bertz CT molecular complexity index is 538. The number of benzene rings is 1. The van der Waals surface area contributed by atoms with Crippen LogP contribution in [0.5, 0.6) is 0 Å². The second-order valence-electron chi connectivity index (χ2n) is 4.71. The minimum atomic E-state index is 0.161. The number of nitrogens with zero attached hydrogens (tertiary/aromatic N) is 1. The first-order chi connectivity index (χ1) is 9.42. The molecule has 0 aliphatic carbocycles. The summed E-state index contributed by atoms with van der Waals surface area (Å²) in [6, 6.07) is 12.2. The highest BCUT2D eigenvalue weighted by Gasteiger charge is 2.13. The fourth-order valence-corrected chi connectivity index (χ4v) is 2.21. The van der Waals surface area contributed by atoms with Gasteiger partial charge in [0.15, 0.2) is 0 Å². The Kier molecular flexibility index (Phi) is 4.03. The molecule has 19 heavy (non-hydrogen) atoms. The smallest absolute Gasteiger partial charge is 0.0933 e. The van der Waals surface area contributed by atoms with Gasteiger partial charge >= 0.3 is 0 Å². The lowest BCUT2D eigenvalue weighted by Gasteiger charge is -2.23. The van der Waals surface area contributed by atoms with Crippen molar-refractivity contribution >= 4 is 10.9 Å². The van der Waals surface area contributed by atoms with Crippen LogP contribution in [-0.2, 0) is 16.1 Å². The van der Waals surface area contributed by atoms with Gasteiger partial charge in [-0.1, -0.05) is 24.3 Å². The lowest BCUT2D eigenvalue weighted by Crippen LogP contribution is -2.40. The average molecular weight is 258 g/mol. The molecule has 1 unspecified atom stereocenters. The van der Waals surface area contributed by atoms with E-state index in [1.807, 2.05) is 24.3 Å². The van der Waals surface area contributed by atoms with Crippen LogP contribution in [0.1, 0.15) is 5.69 Å². The zero-order chi connectivity index (χ0) is 12.9. The van der Waals surface area contributed by atoms with Gasteiger partial charge in [-0.2, -0.15) is 0 Å². The minimum absolute atomic E-state index is 0.161. The first kappa shape index (κ1) is 12.5. The molecule has 1 atom stereocenters. The van der Waals surface area contributed by atoms with Gasteiger partial charge in [0.1, 0.15) is 0 Å². The number of hydrogen-bond donors (Lipinski definition) is 1. The van der Waals surface area contributed by atoms with Crippen LogP contribution < -0.4 is 5.32 Å². The van der Waals surface area contributed by atoms with E-state index < -0.39 is 0 Å². The molecule has 100 valence electrons. The molecular formula is C15H18N2O2. The molecule has 1 N–H and O–H groups in total. The van der Waals surface area contributed by atoms with Crippen LogP contribution in [0.15, 0.2) is 36.4 Å². The molecule has 0 bridgehead atoms. The number of fused-ring (bicyclic) bond motifs is 1. The predicted octanol–water partition coefficient (Wildman–Crippen LogP) is 1.74. The van der Waals surface area contributed by atoms with Crippen molar-refractivity contribution in [2.75, 3.05) is 26.3 Å². The lowest BCUT2D eigenvalue weighted by atomic mass is 10.2. The summed E-state index contributed by atoms with van der Waals surface area (Å²) in [4.78, 5) is 4.58. The molecule has 1 aromatic heterocycles. The summed E-state index contributed by atoms with van der Waals surface area (Å²) in [6.45, 7) is 3.71. The summed E-state index contributed by atoms with van der Waals surface area (Å²) in [5.41, 5.74) is 1.97. The van der Waals surface area contributed by atoms with E-state index in [0.29, 0.717) is 13.2 Å². The Morgan fingerprint density at radius 1 is 1.26 bits per heavy atom. The number of morpholine rings is 1. The predicted molar refractivity (Wildman–Crippen MR) is 74.0 cm³/mol. The first-order valence-corrected chi connectivity index (χ1v) is 6.66. The third-order valence-electron chi connectivity index (χ3n) is 3.21. The Balaban J connectivity index is 1.56. The Hall–Kier alpha value is -1.49. The molecule has 0 spiro atoms. The van der Waals surface area contributed by atoms with E-state index in [9.17, 15) is 0 Å². The van der Waals surface area contributed by atoms with Gasteiger partial charge in [-0.25, -0.2) is 0 Å². The number of para-hydroxylation sites is 1. The summed E-state index contributed by atoms with van der Waals surface area (Å²) in [5.74, 6) is 0. The van der Waals surface area contributed by atoms with Crippen LogP contribution >= 0.6 is 0 Å². The van der Waals surface area contributed by atoms with Crippen LogP contribution in [0.25, 0.3) is 10.9 Å². The van der Waals surface area contributed by atoms with Gasteiger partial charge in [0.05, 0.1) is 37.1 Å². The quantitative estimate of drug-likeness (QED) is 0.907. The topological polar surface area (TPSA) is 43.4 Å². The van der Waals surface area contributed by atoms with Gasteiger partial charge < -0.3 is 14.8 Å². The number of aromatic nitrogens is 1. The summed E-state index contributed by atoms with van der Waals surface area (Å²) < 4.78 is 11.3. The summed E-state index contributed by atoms with van der Waals surface area (Å²) in [5, 5.41) is 4.45. The van der Waals surface area contributed by atoms with Crippen molar-refractivity contribution in [3.63, 3.8) is 0 Å². The number of hydrogen-bond acceptors (Lipinski definition) is 4. The number of rotatable bonds is 4. The molecule has 0 amide bonds. The van der Waals surface area contributed by atoms with Crippen LogP contribution in [0.2, 0.25) is 0 Å². The molecule has 1 fully saturated rings. The van der Waals surface area contributed by atoms with E-state index in [-0.39, 0.29) is 6.10 Å². The van der Waals surface area contributed by atoms with Gasteiger partial charge in [-0.15, -0.1) is 0 Å². The largest absolute Gasteiger partial charge is 0.373 e. The minimum Gasteiger partial charge on any atom is -0.373 e. The second-order valence-corrected chi connectivity index (χ2v) is 4.71. The van der Waals surface area contributed by atoms with Crippen LogP contribution in [-0.4, -0.2) is 37.4 Å². The molecule has 3 rings (SSSR count). The monoisotopic (exact) mass is 258 g/mol. The molecule has 1 saturated heterocycles. The van der Waals surface area contributed by atoms with Crippen molar-refractivity contribution < 1.29 is 9.47 Å². The van der Waals surface area contributed by atoms with E-state index in [4.69, 9.17) is 9.47 Å². The van der Waals surface area contributed by atoms with Crippen LogP contribution in [0.3, 0.4) is 0 Å². The standard InChI is InChI=1S/C15H18N2O2/c1-2-4-15-12(3-1)5-6-13(17-15)10-18-11-14-9-16-7-8-19-14/h1-6,14,16H,7-11H2. The molecule has 2 aromatic rings. The fraction of sp³-hybridized carbons (Fsp3) is 0.400. The Morgan fingerprint density at radius 2 is 2.21 bits per heavy atom. The third-order valence-corrected chi connectivity index (χ3v) is 3.21. The Morgan fingerprint density at radius 3 is 3.11 bits per heavy atom. The second kappa shape index (κ2) is 6.10. The van der Waals surface area contributed by atoms with Crippen molar-refractivity contribution in [1.82, 2.24) is 10.3 Å². The van der Waals surface area contributed by atoms with Crippen molar-refractivity contribution in [2.45, 2.75) is 12.7 Å². The van der Waals surface area contributed by atoms with Gasteiger partial charge in [0, 0.05) is 18.5 Å². The molecule has 4 heteroatoms. The van der Waals surface area contributed by atoms with Crippen molar-refractivity contribution in [2.24, 2.45) is 0 Å².